The number of nitrogens with zero attached hydrogens (tertiary/aromatic N) is 1. The maximum absolute atomic E-state index is 11.4. The van der Waals surface area contributed by atoms with Crippen molar-refractivity contribution in [2.75, 3.05) is 6.61 Å². The molecule has 1 heterocycles. The average molecular weight is 279 g/mol. The summed E-state index contributed by atoms with van der Waals surface area (Å²) in [5.41, 5.74) is 1.26. The minimum absolute atomic E-state index is 0.183. The summed E-state index contributed by atoms with van der Waals surface area (Å²) in [6, 6.07) is 5.55. The van der Waals surface area contributed by atoms with E-state index in [0.717, 1.165) is 15.8 Å². The molecule has 4 nitrogen and oxygen atoms in total. The van der Waals surface area contributed by atoms with E-state index >= 15 is 0 Å². The Labute approximate surface area is 101 Å². The van der Waals surface area contributed by atoms with Crippen molar-refractivity contribution in [1.82, 2.24) is 5.32 Å². The SMILES string of the molecule is N#CNC(=O)C1=Cc2cc(Br)ccc2OC1. The Kier molecular flexibility index (Phi) is 2.93. The van der Waals surface area contributed by atoms with Crippen molar-refractivity contribution in [3.8, 4) is 11.9 Å². The first kappa shape index (κ1) is 10.7. The lowest BCUT2D eigenvalue weighted by Gasteiger charge is -2.16. The first-order valence-corrected chi connectivity index (χ1v) is 5.32. The van der Waals surface area contributed by atoms with Gasteiger partial charge in [-0.3, -0.25) is 10.1 Å². The molecule has 0 aromatic heterocycles. The number of benzene rings is 1. The quantitative estimate of drug-likeness (QED) is 0.630. The molecule has 0 spiro atoms. The molecule has 1 aliphatic heterocycles. The predicted molar refractivity (Wildman–Crippen MR) is 61.4 cm³/mol. The number of nitriles is 1. The number of ether oxygens (including phenoxy) is 1. The highest BCUT2D eigenvalue weighted by Gasteiger charge is 2.16. The molecule has 16 heavy (non-hydrogen) atoms. The molecule has 0 atom stereocenters. The maximum Gasteiger partial charge on any atom is 0.263 e. The van der Waals surface area contributed by atoms with Gasteiger partial charge in [-0.2, -0.15) is 5.26 Å². The van der Waals surface area contributed by atoms with Crippen molar-refractivity contribution in [1.29, 1.82) is 5.26 Å². The van der Waals surface area contributed by atoms with E-state index in [1.54, 1.807) is 12.3 Å². The Hall–Kier alpha value is -1.80. The summed E-state index contributed by atoms with van der Waals surface area (Å²) in [4.78, 5) is 11.4. The molecule has 0 bridgehead atoms. The molecule has 1 aromatic carbocycles. The summed E-state index contributed by atoms with van der Waals surface area (Å²) in [6.45, 7) is 0.183. The van der Waals surface area contributed by atoms with Crippen molar-refractivity contribution in [2.24, 2.45) is 0 Å². The Morgan fingerprint density at radius 2 is 2.38 bits per heavy atom. The Bertz CT molecular complexity index is 517. The van der Waals surface area contributed by atoms with Gasteiger partial charge in [0.05, 0.1) is 5.57 Å². The van der Waals surface area contributed by atoms with Crippen LogP contribution in [0.2, 0.25) is 0 Å². The van der Waals surface area contributed by atoms with Crippen molar-refractivity contribution >= 4 is 27.9 Å². The molecule has 0 fully saturated rings. The topological polar surface area (TPSA) is 62.1 Å². The van der Waals surface area contributed by atoms with Crippen LogP contribution in [0.1, 0.15) is 5.56 Å². The number of hydrogen-bond donors (Lipinski definition) is 1. The van der Waals surface area contributed by atoms with Crippen LogP contribution >= 0.6 is 15.9 Å². The number of hydrogen-bond acceptors (Lipinski definition) is 3. The molecule has 80 valence electrons. The van der Waals surface area contributed by atoms with E-state index in [1.165, 1.54) is 0 Å². The van der Waals surface area contributed by atoms with Crippen LogP contribution in [-0.4, -0.2) is 12.5 Å². The van der Waals surface area contributed by atoms with Gasteiger partial charge >= 0.3 is 0 Å². The van der Waals surface area contributed by atoms with Crippen molar-refractivity contribution in [3.63, 3.8) is 0 Å². The highest BCUT2D eigenvalue weighted by atomic mass is 79.9. The van der Waals surface area contributed by atoms with Crippen LogP contribution in [0.15, 0.2) is 28.2 Å². The molecule has 5 heteroatoms. The van der Waals surface area contributed by atoms with Crippen LogP contribution in [0, 0.1) is 11.5 Å². The predicted octanol–water partition coefficient (Wildman–Crippen LogP) is 1.82. The summed E-state index contributed by atoms with van der Waals surface area (Å²) < 4.78 is 6.31. The standard InChI is InChI=1S/C11H7BrN2O2/c12-9-1-2-10-7(4-9)3-8(5-16-10)11(15)14-6-13/h1-4H,5H2,(H,14,15). The summed E-state index contributed by atoms with van der Waals surface area (Å²) >= 11 is 3.34. The summed E-state index contributed by atoms with van der Waals surface area (Å²) in [5.74, 6) is 0.310. The second-order valence-corrected chi connectivity index (χ2v) is 4.12. The summed E-state index contributed by atoms with van der Waals surface area (Å²) in [7, 11) is 0. The van der Waals surface area contributed by atoms with E-state index < -0.39 is 5.91 Å². The van der Waals surface area contributed by atoms with Gasteiger partial charge < -0.3 is 4.74 Å². The normalized spacial score (nSPS) is 12.9. The van der Waals surface area contributed by atoms with Crippen LogP contribution in [0.5, 0.6) is 5.75 Å². The third-order valence-corrected chi connectivity index (χ3v) is 2.64. The maximum atomic E-state index is 11.4. The number of carbonyl (C=O) groups is 1. The Balaban J connectivity index is 2.34. The number of fused-ring (bicyclic) bond motifs is 1. The molecule has 0 radical (unpaired) electrons. The molecule has 1 amide bonds. The number of carbonyl (C=O) groups excluding carboxylic acids is 1. The zero-order chi connectivity index (χ0) is 11.5. The first-order chi connectivity index (χ1) is 7.70. The van der Waals surface area contributed by atoms with E-state index in [9.17, 15) is 4.79 Å². The molecule has 1 N–H and O–H groups in total. The van der Waals surface area contributed by atoms with Gasteiger partial charge in [0.2, 0.25) is 0 Å². The lowest BCUT2D eigenvalue weighted by atomic mass is 10.1. The fourth-order valence-electron chi connectivity index (χ4n) is 1.41. The summed E-state index contributed by atoms with van der Waals surface area (Å²) in [5, 5.41) is 10.4. The third-order valence-electron chi connectivity index (χ3n) is 2.15. The van der Waals surface area contributed by atoms with Gasteiger partial charge in [0.1, 0.15) is 12.4 Å². The van der Waals surface area contributed by atoms with Crippen LogP contribution in [0.25, 0.3) is 6.08 Å². The van der Waals surface area contributed by atoms with Gasteiger partial charge in [-0.1, -0.05) is 15.9 Å². The van der Waals surface area contributed by atoms with Crippen LogP contribution in [-0.2, 0) is 4.79 Å². The Morgan fingerprint density at radius 3 is 3.12 bits per heavy atom. The minimum atomic E-state index is -0.423. The Morgan fingerprint density at radius 1 is 1.56 bits per heavy atom. The fourth-order valence-corrected chi connectivity index (χ4v) is 1.79. The highest BCUT2D eigenvalue weighted by Crippen LogP contribution is 2.28. The third kappa shape index (κ3) is 2.07. The van der Waals surface area contributed by atoms with Crippen LogP contribution in [0.4, 0.5) is 0 Å². The average Bonchev–Trinajstić information content (AvgIpc) is 2.28. The smallest absolute Gasteiger partial charge is 0.263 e. The number of amides is 1. The van der Waals surface area contributed by atoms with Crippen LogP contribution < -0.4 is 10.1 Å². The van der Waals surface area contributed by atoms with E-state index in [0.29, 0.717) is 5.57 Å². The molecule has 0 saturated heterocycles. The van der Waals surface area contributed by atoms with Gasteiger partial charge in [-0.25, -0.2) is 0 Å². The molecule has 1 aromatic rings. The number of halogens is 1. The van der Waals surface area contributed by atoms with Crippen molar-refractivity contribution in [2.45, 2.75) is 0 Å². The molecule has 2 rings (SSSR count). The van der Waals surface area contributed by atoms with Crippen molar-refractivity contribution in [3.05, 3.63) is 33.8 Å². The number of nitrogens with one attached hydrogen (secondary N) is 1. The van der Waals surface area contributed by atoms with Gasteiger partial charge in [0.25, 0.3) is 5.91 Å². The molecular formula is C11H7BrN2O2. The lowest BCUT2D eigenvalue weighted by Crippen LogP contribution is -2.24. The second kappa shape index (κ2) is 4.37. The van der Waals surface area contributed by atoms with Gasteiger partial charge in [0.15, 0.2) is 6.19 Å². The van der Waals surface area contributed by atoms with Crippen molar-refractivity contribution < 1.29 is 9.53 Å². The minimum Gasteiger partial charge on any atom is -0.488 e. The van der Waals surface area contributed by atoms with E-state index in [2.05, 4.69) is 21.2 Å². The van der Waals surface area contributed by atoms with E-state index in [-0.39, 0.29) is 6.61 Å². The largest absolute Gasteiger partial charge is 0.488 e. The lowest BCUT2D eigenvalue weighted by molar-refractivity contribution is -0.116. The zero-order valence-electron chi connectivity index (χ0n) is 8.16. The number of rotatable bonds is 1. The highest BCUT2D eigenvalue weighted by molar-refractivity contribution is 9.10. The molecule has 1 aliphatic rings. The monoisotopic (exact) mass is 278 g/mol. The van der Waals surface area contributed by atoms with Gasteiger partial charge in [-0.15, -0.1) is 0 Å². The molecule has 0 aliphatic carbocycles. The van der Waals surface area contributed by atoms with E-state index in [1.807, 2.05) is 18.2 Å². The van der Waals surface area contributed by atoms with Gasteiger partial charge in [-0.05, 0) is 24.3 Å². The van der Waals surface area contributed by atoms with E-state index in [4.69, 9.17) is 10.00 Å². The van der Waals surface area contributed by atoms with Crippen LogP contribution in [0.3, 0.4) is 0 Å². The zero-order valence-corrected chi connectivity index (χ0v) is 9.74. The molecule has 0 unspecified atom stereocenters. The fraction of sp³-hybridized carbons (Fsp3) is 0.0909. The van der Waals surface area contributed by atoms with Gasteiger partial charge in [0, 0.05) is 10.0 Å². The molecular weight excluding hydrogens is 272 g/mol. The summed E-state index contributed by atoms with van der Waals surface area (Å²) in [6.07, 6.45) is 3.31. The first-order valence-electron chi connectivity index (χ1n) is 4.53. The molecule has 0 saturated carbocycles. The second-order valence-electron chi connectivity index (χ2n) is 3.21.